The number of nitrogens with zero attached hydrogens (tertiary/aromatic N) is 2. The van der Waals surface area contributed by atoms with Crippen LogP contribution in [-0.2, 0) is 18.3 Å². The molecular weight excluding hydrogens is 324 g/mol. The molecule has 3 nitrogen and oxygen atoms in total. The minimum Gasteiger partial charge on any atom is -0.299 e. The van der Waals surface area contributed by atoms with Gasteiger partial charge in [-0.15, -0.1) is 11.8 Å². The zero-order valence-corrected chi connectivity index (χ0v) is 13.1. The fourth-order valence-electron chi connectivity index (χ4n) is 1.68. The minimum atomic E-state index is 0.268. The normalized spacial score (nSPS) is 10.6. The molecule has 1 aromatic heterocycles. The predicted octanol–water partition coefficient (Wildman–Crippen LogP) is 3.48. The first kappa shape index (κ1) is 14.3. The highest BCUT2D eigenvalue weighted by molar-refractivity contribution is 9.10. The fraction of sp³-hybridized carbons (Fsp3) is 0.286. The number of halogens is 1. The maximum atomic E-state index is 11.8. The first-order valence-corrected chi connectivity index (χ1v) is 7.79. The highest BCUT2D eigenvalue weighted by Gasteiger charge is 2.06. The fourth-order valence-corrected chi connectivity index (χ4v) is 3.15. The predicted molar refractivity (Wildman–Crippen MR) is 81.4 cm³/mol. The number of hydrogen-bond donors (Lipinski definition) is 0. The van der Waals surface area contributed by atoms with Crippen LogP contribution in [0.1, 0.15) is 12.0 Å². The van der Waals surface area contributed by atoms with Crippen molar-refractivity contribution in [3.05, 3.63) is 46.7 Å². The quantitative estimate of drug-likeness (QED) is 0.756. The lowest BCUT2D eigenvalue weighted by atomic mass is 10.1. The van der Waals surface area contributed by atoms with Gasteiger partial charge in [-0.3, -0.25) is 9.48 Å². The molecule has 0 radical (unpaired) electrons. The van der Waals surface area contributed by atoms with E-state index in [4.69, 9.17) is 0 Å². The van der Waals surface area contributed by atoms with Crippen molar-refractivity contribution in [2.45, 2.75) is 17.7 Å². The number of rotatable bonds is 6. The summed E-state index contributed by atoms with van der Waals surface area (Å²) in [5.74, 6) is 0.785. The van der Waals surface area contributed by atoms with Crippen LogP contribution >= 0.6 is 27.7 Å². The standard InChI is InChI=1S/C14H15BrN2OS/c1-17-9-11(8-16-17)6-7-12(18)10-19-14-5-3-2-4-13(14)15/h2-5,8-9H,6-7,10H2,1H3. The third kappa shape index (κ3) is 4.51. The molecule has 0 amide bonds. The molecule has 100 valence electrons. The lowest BCUT2D eigenvalue weighted by molar-refractivity contribution is -0.116. The van der Waals surface area contributed by atoms with E-state index in [1.807, 2.05) is 43.7 Å². The molecule has 19 heavy (non-hydrogen) atoms. The van der Waals surface area contributed by atoms with Gasteiger partial charge in [0.1, 0.15) is 5.78 Å². The summed E-state index contributed by atoms with van der Waals surface area (Å²) in [7, 11) is 1.88. The van der Waals surface area contributed by atoms with Crippen molar-refractivity contribution >= 4 is 33.5 Å². The number of thioether (sulfide) groups is 1. The maximum Gasteiger partial charge on any atom is 0.143 e. The van der Waals surface area contributed by atoms with Crippen LogP contribution < -0.4 is 0 Å². The Labute approximate surface area is 125 Å². The lowest BCUT2D eigenvalue weighted by Crippen LogP contribution is -2.03. The molecule has 0 saturated carbocycles. The molecule has 1 aromatic carbocycles. The van der Waals surface area contributed by atoms with Crippen molar-refractivity contribution in [3.8, 4) is 0 Å². The van der Waals surface area contributed by atoms with E-state index in [2.05, 4.69) is 21.0 Å². The van der Waals surface area contributed by atoms with Crippen LogP contribution in [0.15, 0.2) is 46.0 Å². The van der Waals surface area contributed by atoms with Gasteiger partial charge in [0.25, 0.3) is 0 Å². The van der Waals surface area contributed by atoms with E-state index in [-0.39, 0.29) is 5.78 Å². The summed E-state index contributed by atoms with van der Waals surface area (Å²) in [6.07, 6.45) is 5.11. The lowest BCUT2D eigenvalue weighted by Gasteiger charge is -2.03. The van der Waals surface area contributed by atoms with E-state index in [0.717, 1.165) is 21.4 Å². The highest BCUT2D eigenvalue weighted by Crippen LogP contribution is 2.27. The second-order valence-corrected chi connectivity index (χ2v) is 6.15. The smallest absolute Gasteiger partial charge is 0.143 e. The number of benzene rings is 1. The van der Waals surface area contributed by atoms with Crippen LogP contribution in [-0.4, -0.2) is 21.3 Å². The number of ketones is 1. The maximum absolute atomic E-state index is 11.8. The van der Waals surface area contributed by atoms with Crippen LogP contribution in [0.5, 0.6) is 0 Å². The molecule has 0 aliphatic rings. The van der Waals surface area contributed by atoms with Crippen LogP contribution in [0.2, 0.25) is 0 Å². The number of aryl methyl sites for hydroxylation is 2. The van der Waals surface area contributed by atoms with Gasteiger partial charge in [-0.25, -0.2) is 0 Å². The molecule has 2 aromatic rings. The van der Waals surface area contributed by atoms with Crippen LogP contribution in [0.4, 0.5) is 0 Å². The number of carbonyl (C=O) groups excluding carboxylic acids is 1. The van der Waals surface area contributed by atoms with Gasteiger partial charge in [-0.05, 0) is 40.0 Å². The Hall–Kier alpha value is -1.07. The van der Waals surface area contributed by atoms with E-state index in [1.165, 1.54) is 0 Å². The molecule has 0 aliphatic heterocycles. The van der Waals surface area contributed by atoms with Crippen LogP contribution in [0.3, 0.4) is 0 Å². The topological polar surface area (TPSA) is 34.9 Å². The Kier molecular flexibility index (Phi) is 5.22. The second-order valence-electron chi connectivity index (χ2n) is 4.28. The van der Waals surface area contributed by atoms with Gasteiger partial charge in [0.05, 0.1) is 11.9 Å². The third-order valence-electron chi connectivity index (χ3n) is 2.68. The number of hydrogen-bond acceptors (Lipinski definition) is 3. The zero-order chi connectivity index (χ0) is 13.7. The van der Waals surface area contributed by atoms with Crippen LogP contribution in [0, 0.1) is 0 Å². The molecule has 0 unspecified atom stereocenters. The van der Waals surface area contributed by atoms with Crippen molar-refractivity contribution in [2.24, 2.45) is 7.05 Å². The molecule has 5 heteroatoms. The van der Waals surface area contributed by atoms with Gasteiger partial charge >= 0.3 is 0 Å². The summed E-state index contributed by atoms with van der Waals surface area (Å²) in [4.78, 5) is 13.0. The molecule has 0 atom stereocenters. The van der Waals surface area contributed by atoms with E-state index in [1.54, 1.807) is 16.4 Å². The molecule has 1 heterocycles. The SMILES string of the molecule is Cn1cc(CCC(=O)CSc2ccccc2Br)cn1. The van der Waals surface area contributed by atoms with Gasteiger partial charge < -0.3 is 0 Å². The average molecular weight is 339 g/mol. The molecule has 0 N–H and O–H groups in total. The summed E-state index contributed by atoms with van der Waals surface area (Å²) in [5.41, 5.74) is 1.11. The monoisotopic (exact) mass is 338 g/mol. The minimum absolute atomic E-state index is 0.268. The third-order valence-corrected chi connectivity index (χ3v) is 4.76. The van der Waals surface area contributed by atoms with Gasteiger partial charge in [-0.1, -0.05) is 12.1 Å². The second kappa shape index (κ2) is 6.91. The van der Waals surface area contributed by atoms with E-state index >= 15 is 0 Å². The molecule has 0 spiro atoms. The van der Waals surface area contributed by atoms with Gasteiger partial charge in [0.15, 0.2) is 0 Å². The first-order valence-electron chi connectivity index (χ1n) is 6.01. The van der Waals surface area contributed by atoms with Gasteiger partial charge in [0, 0.05) is 29.0 Å². The summed E-state index contributed by atoms with van der Waals surface area (Å²) >= 11 is 5.06. The Balaban J connectivity index is 1.77. The van der Waals surface area contributed by atoms with Gasteiger partial charge in [0.2, 0.25) is 0 Å². The summed E-state index contributed by atoms with van der Waals surface area (Å²) in [6.45, 7) is 0. The van der Waals surface area contributed by atoms with Crippen molar-refractivity contribution in [1.82, 2.24) is 9.78 Å². The van der Waals surface area contributed by atoms with Crippen molar-refractivity contribution in [2.75, 3.05) is 5.75 Å². The summed E-state index contributed by atoms with van der Waals surface area (Å²) < 4.78 is 2.80. The Morgan fingerprint density at radius 2 is 2.21 bits per heavy atom. The number of aromatic nitrogens is 2. The van der Waals surface area contributed by atoms with Crippen molar-refractivity contribution in [1.29, 1.82) is 0 Å². The van der Waals surface area contributed by atoms with Gasteiger partial charge in [-0.2, -0.15) is 5.10 Å². The van der Waals surface area contributed by atoms with Crippen LogP contribution in [0.25, 0.3) is 0 Å². The molecular formula is C14H15BrN2OS. The van der Waals surface area contributed by atoms with E-state index in [9.17, 15) is 4.79 Å². The Bertz CT molecular complexity index is 568. The van der Waals surface area contributed by atoms with E-state index < -0.39 is 0 Å². The molecule has 0 aliphatic carbocycles. The Morgan fingerprint density at radius 3 is 2.89 bits per heavy atom. The zero-order valence-electron chi connectivity index (χ0n) is 10.7. The largest absolute Gasteiger partial charge is 0.299 e. The molecule has 0 saturated heterocycles. The number of Topliss-reactive ketones (excluding diaryl/α,β-unsaturated/α-hetero) is 1. The Morgan fingerprint density at radius 1 is 1.42 bits per heavy atom. The molecule has 2 rings (SSSR count). The molecule has 0 fully saturated rings. The summed E-state index contributed by atoms with van der Waals surface area (Å²) in [6, 6.07) is 7.96. The van der Waals surface area contributed by atoms with Crippen molar-refractivity contribution < 1.29 is 4.79 Å². The number of carbonyl (C=O) groups is 1. The first-order chi connectivity index (χ1) is 9.15. The molecule has 0 bridgehead atoms. The van der Waals surface area contributed by atoms with E-state index in [0.29, 0.717) is 12.2 Å². The summed E-state index contributed by atoms with van der Waals surface area (Å²) in [5, 5.41) is 4.09. The highest BCUT2D eigenvalue weighted by atomic mass is 79.9. The average Bonchev–Trinajstić information content (AvgIpc) is 2.81. The van der Waals surface area contributed by atoms with Crippen molar-refractivity contribution in [3.63, 3.8) is 0 Å².